The summed E-state index contributed by atoms with van der Waals surface area (Å²) in [6, 6.07) is -0.106. The Balaban J connectivity index is 0.00000200. The summed E-state index contributed by atoms with van der Waals surface area (Å²) >= 11 is 3.05. The SMILES string of the molecule is Cc1cnc(C(C)NC(=O)c2csc(CCN)n2)s1.Cl.Cl. The summed E-state index contributed by atoms with van der Waals surface area (Å²) in [5, 5.41) is 6.47. The molecule has 3 N–H and O–H groups in total. The minimum absolute atomic E-state index is 0. The molecule has 118 valence electrons. The molecule has 0 aliphatic rings. The monoisotopic (exact) mass is 368 g/mol. The zero-order valence-corrected chi connectivity index (χ0v) is 14.9. The molecule has 2 rings (SSSR count). The van der Waals surface area contributed by atoms with E-state index in [-0.39, 0.29) is 36.8 Å². The van der Waals surface area contributed by atoms with Gasteiger partial charge in [-0.3, -0.25) is 4.79 Å². The van der Waals surface area contributed by atoms with Crippen LogP contribution in [-0.2, 0) is 6.42 Å². The average molecular weight is 369 g/mol. The number of nitrogens with zero attached hydrogens (tertiary/aromatic N) is 2. The zero-order valence-electron chi connectivity index (χ0n) is 11.7. The lowest BCUT2D eigenvalue weighted by Gasteiger charge is -2.09. The van der Waals surface area contributed by atoms with E-state index in [1.165, 1.54) is 11.3 Å². The highest BCUT2D eigenvalue weighted by atomic mass is 35.5. The first-order valence-corrected chi connectivity index (χ1v) is 7.67. The number of aryl methyl sites for hydroxylation is 1. The maximum Gasteiger partial charge on any atom is 0.271 e. The third kappa shape index (κ3) is 5.52. The first-order chi connectivity index (χ1) is 9.10. The van der Waals surface area contributed by atoms with E-state index in [0.717, 1.165) is 14.9 Å². The van der Waals surface area contributed by atoms with Gasteiger partial charge in [0.05, 0.1) is 11.0 Å². The Kier molecular flexibility index (Phi) is 9.00. The maximum absolute atomic E-state index is 12.0. The molecule has 1 amide bonds. The number of aromatic nitrogens is 2. The van der Waals surface area contributed by atoms with E-state index in [1.54, 1.807) is 16.7 Å². The van der Waals surface area contributed by atoms with E-state index in [0.29, 0.717) is 18.7 Å². The molecule has 1 unspecified atom stereocenters. The third-order valence-electron chi connectivity index (χ3n) is 2.50. The van der Waals surface area contributed by atoms with Gasteiger partial charge in [-0.15, -0.1) is 47.5 Å². The van der Waals surface area contributed by atoms with Crippen LogP contribution >= 0.6 is 47.5 Å². The first-order valence-electron chi connectivity index (χ1n) is 5.98. The van der Waals surface area contributed by atoms with E-state index in [1.807, 2.05) is 20.0 Å². The molecule has 9 heteroatoms. The smallest absolute Gasteiger partial charge is 0.271 e. The molecule has 21 heavy (non-hydrogen) atoms. The van der Waals surface area contributed by atoms with Crippen LogP contribution in [0.4, 0.5) is 0 Å². The predicted molar refractivity (Wildman–Crippen MR) is 92.1 cm³/mol. The van der Waals surface area contributed by atoms with E-state index in [9.17, 15) is 4.79 Å². The van der Waals surface area contributed by atoms with Crippen LogP contribution in [0.2, 0.25) is 0 Å². The lowest BCUT2D eigenvalue weighted by molar-refractivity contribution is 0.0935. The number of halogens is 2. The fourth-order valence-corrected chi connectivity index (χ4v) is 3.13. The van der Waals surface area contributed by atoms with Crippen molar-refractivity contribution in [2.45, 2.75) is 26.3 Å². The van der Waals surface area contributed by atoms with Gasteiger partial charge < -0.3 is 11.1 Å². The van der Waals surface area contributed by atoms with Gasteiger partial charge in [0.1, 0.15) is 10.7 Å². The largest absolute Gasteiger partial charge is 0.342 e. The number of thiazole rings is 2. The van der Waals surface area contributed by atoms with E-state index in [2.05, 4.69) is 15.3 Å². The molecule has 0 aliphatic carbocycles. The maximum atomic E-state index is 12.0. The molecular weight excluding hydrogens is 351 g/mol. The molecule has 0 aromatic carbocycles. The predicted octanol–water partition coefficient (Wildman–Crippen LogP) is 2.74. The summed E-state index contributed by atoms with van der Waals surface area (Å²) in [4.78, 5) is 21.7. The van der Waals surface area contributed by atoms with Crippen molar-refractivity contribution in [3.63, 3.8) is 0 Å². The highest BCUT2D eigenvalue weighted by molar-refractivity contribution is 7.11. The molecule has 0 bridgehead atoms. The molecular formula is C12H18Cl2N4OS2. The normalized spacial score (nSPS) is 11.2. The van der Waals surface area contributed by atoms with Gasteiger partial charge in [0, 0.05) is 22.9 Å². The molecule has 5 nitrogen and oxygen atoms in total. The van der Waals surface area contributed by atoms with Gasteiger partial charge >= 0.3 is 0 Å². The third-order valence-corrected chi connectivity index (χ3v) is 4.50. The summed E-state index contributed by atoms with van der Waals surface area (Å²) < 4.78 is 0. The number of rotatable bonds is 5. The van der Waals surface area contributed by atoms with Crippen molar-refractivity contribution >= 4 is 53.4 Å². The average Bonchev–Trinajstić information content (AvgIpc) is 2.98. The second-order valence-electron chi connectivity index (χ2n) is 4.17. The quantitative estimate of drug-likeness (QED) is 0.849. The minimum Gasteiger partial charge on any atom is -0.342 e. The van der Waals surface area contributed by atoms with Crippen LogP contribution in [0.1, 0.15) is 38.3 Å². The van der Waals surface area contributed by atoms with Gasteiger partial charge in [-0.25, -0.2) is 9.97 Å². The number of amides is 1. The number of carbonyl (C=O) groups is 1. The Morgan fingerprint density at radius 1 is 1.48 bits per heavy atom. The van der Waals surface area contributed by atoms with Crippen LogP contribution in [-0.4, -0.2) is 22.4 Å². The first kappa shape index (κ1) is 20.3. The minimum atomic E-state index is -0.167. The zero-order chi connectivity index (χ0) is 13.8. The van der Waals surface area contributed by atoms with Gasteiger partial charge in [0.25, 0.3) is 5.91 Å². The van der Waals surface area contributed by atoms with E-state index < -0.39 is 0 Å². The summed E-state index contributed by atoms with van der Waals surface area (Å²) in [7, 11) is 0. The summed E-state index contributed by atoms with van der Waals surface area (Å²) in [6.45, 7) is 4.46. The molecule has 0 radical (unpaired) electrons. The summed E-state index contributed by atoms with van der Waals surface area (Å²) in [6.07, 6.45) is 2.52. The Bertz CT molecular complexity index is 573. The van der Waals surface area contributed by atoms with Crippen LogP contribution < -0.4 is 11.1 Å². The molecule has 0 spiro atoms. The summed E-state index contributed by atoms with van der Waals surface area (Å²) in [5.41, 5.74) is 5.92. The molecule has 2 aromatic heterocycles. The molecule has 0 fully saturated rings. The number of hydrogen-bond donors (Lipinski definition) is 2. The van der Waals surface area contributed by atoms with Gasteiger partial charge in [0.15, 0.2) is 0 Å². The summed E-state index contributed by atoms with van der Waals surface area (Å²) in [5.74, 6) is -0.167. The van der Waals surface area contributed by atoms with Crippen molar-refractivity contribution in [1.82, 2.24) is 15.3 Å². The van der Waals surface area contributed by atoms with Crippen molar-refractivity contribution < 1.29 is 4.79 Å². The molecule has 2 heterocycles. The van der Waals surface area contributed by atoms with Crippen molar-refractivity contribution in [3.05, 3.63) is 32.2 Å². The van der Waals surface area contributed by atoms with Crippen LogP contribution in [0.15, 0.2) is 11.6 Å². The molecule has 0 saturated heterocycles. The van der Waals surface area contributed by atoms with Crippen LogP contribution in [0.5, 0.6) is 0 Å². The molecule has 2 aromatic rings. The number of nitrogens with two attached hydrogens (primary N) is 1. The topological polar surface area (TPSA) is 80.9 Å². The van der Waals surface area contributed by atoms with Crippen molar-refractivity contribution in [2.75, 3.05) is 6.54 Å². The fraction of sp³-hybridized carbons (Fsp3) is 0.417. The van der Waals surface area contributed by atoms with E-state index in [4.69, 9.17) is 5.73 Å². The Hall–Kier alpha value is -0.730. The fourth-order valence-electron chi connectivity index (χ4n) is 1.56. The second-order valence-corrected chi connectivity index (χ2v) is 6.38. The van der Waals surface area contributed by atoms with Gasteiger partial charge in [-0.1, -0.05) is 0 Å². The highest BCUT2D eigenvalue weighted by Crippen LogP contribution is 2.19. The van der Waals surface area contributed by atoms with Crippen LogP contribution in [0.3, 0.4) is 0 Å². The second kappa shape index (κ2) is 9.32. The number of nitrogens with one attached hydrogen (secondary N) is 1. The lowest BCUT2D eigenvalue weighted by atomic mass is 10.3. The van der Waals surface area contributed by atoms with Crippen molar-refractivity contribution in [3.8, 4) is 0 Å². The van der Waals surface area contributed by atoms with Gasteiger partial charge in [0.2, 0.25) is 0 Å². The molecule has 1 atom stereocenters. The van der Waals surface area contributed by atoms with Crippen molar-refractivity contribution in [1.29, 1.82) is 0 Å². The Morgan fingerprint density at radius 3 is 2.76 bits per heavy atom. The number of hydrogen-bond acceptors (Lipinski definition) is 6. The standard InChI is InChI=1S/C12H16N4OS2.2ClH/c1-7-5-14-12(19-7)8(2)15-11(17)9-6-18-10(16-9)3-4-13;;/h5-6,8H,3-4,13H2,1-2H3,(H,15,17);2*1H. The van der Waals surface area contributed by atoms with Crippen LogP contribution in [0.25, 0.3) is 0 Å². The Morgan fingerprint density at radius 2 is 2.19 bits per heavy atom. The van der Waals surface area contributed by atoms with Gasteiger partial charge in [-0.2, -0.15) is 0 Å². The van der Waals surface area contributed by atoms with Crippen LogP contribution in [0, 0.1) is 6.92 Å². The number of carbonyl (C=O) groups excluding carboxylic acids is 1. The van der Waals surface area contributed by atoms with E-state index >= 15 is 0 Å². The molecule has 0 saturated carbocycles. The highest BCUT2D eigenvalue weighted by Gasteiger charge is 2.16. The lowest BCUT2D eigenvalue weighted by Crippen LogP contribution is -2.26. The van der Waals surface area contributed by atoms with Crippen molar-refractivity contribution in [2.24, 2.45) is 5.73 Å². The molecule has 0 aliphatic heterocycles. The Labute approximate surface area is 144 Å². The van der Waals surface area contributed by atoms with Gasteiger partial charge in [-0.05, 0) is 20.4 Å².